The number of hydrogen-bond acceptors (Lipinski definition) is 4. The lowest BCUT2D eigenvalue weighted by molar-refractivity contribution is 0.102. The number of rotatable bonds is 6. The van der Waals surface area contributed by atoms with Gasteiger partial charge in [-0.15, -0.1) is 0 Å². The molecule has 0 spiro atoms. The second-order valence-corrected chi connectivity index (χ2v) is 7.78. The van der Waals surface area contributed by atoms with Crippen LogP contribution < -0.4 is 5.32 Å². The van der Waals surface area contributed by atoms with Crippen molar-refractivity contribution in [2.24, 2.45) is 0 Å². The number of carbonyl (C=O) groups is 1. The minimum absolute atomic E-state index is 0.137. The van der Waals surface area contributed by atoms with Crippen molar-refractivity contribution in [2.75, 3.05) is 5.32 Å². The molecule has 1 aromatic heterocycles. The molecule has 0 aliphatic heterocycles. The number of alkyl halides is 2. The Kier molecular flexibility index (Phi) is 5.22. The second kappa shape index (κ2) is 7.43. The van der Waals surface area contributed by atoms with Crippen molar-refractivity contribution in [2.45, 2.75) is 30.5 Å². The lowest BCUT2D eigenvalue weighted by atomic mass is 10.2. The summed E-state index contributed by atoms with van der Waals surface area (Å²) in [6.45, 7) is 2.66. The predicted octanol–water partition coefficient (Wildman–Crippen LogP) is 3.69. The Bertz CT molecular complexity index is 1080. The number of hydrogen-bond donors (Lipinski definition) is 1. The number of halogens is 2. The molecular weight excluding hydrogens is 376 g/mol. The average Bonchev–Trinajstić information content (AvgIpc) is 2.99. The number of aromatic nitrogens is 2. The number of anilines is 1. The van der Waals surface area contributed by atoms with E-state index in [0.717, 1.165) is 29.6 Å². The summed E-state index contributed by atoms with van der Waals surface area (Å²) in [6, 6.07) is 11.8. The van der Waals surface area contributed by atoms with Gasteiger partial charge in [-0.25, -0.2) is 13.4 Å². The minimum Gasteiger partial charge on any atom is -0.310 e. The van der Waals surface area contributed by atoms with Crippen molar-refractivity contribution in [3.8, 4) is 0 Å². The molecule has 142 valence electrons. The predicted molar refractivity (Wildman–Crippen MR) is 97.6 cm³/mol. The first kappa shape index (κ1) is 19.0. The van der Waals surface area contributed by atoms with E-state index in [-0.39, 0.29) is 5.56 Å². The van der Waals surface area contributed by atoms with Crippen LogP contribution in [-0.2, 0) is 16.4 Å². The molecule has 0 saturated heterocycles. The van der Waals surface area contributed by atoms with Crippen LogP contribution in [0.5, 0.6) is 0 Å². The molecule has 27 heavy (non-hydrogen) atoms. The van der Waals surface area contributed by atoms with E-state index in [0.29, 0.717) is 12.5 Å². The van der Waals surface area contributed by atoms with Crippen LogP contribution in [-0.4, -0.2) is 29.6 Å². The van der Waals surface area contributed by atoms with Gasteiger partial charge < -0.3 is 4.57 Å². The summed E-state index contributed by atoms with van der Waals surface area (Å²) < 4.78 is 50.0. The van der Waals surface area contributed by atoms with Crippen molar-refractivity contribution in [1.82, 2.24) is 9.55 Å². The number of nitrogens with zero attached hydrogens (tertiary/aromatic N) is 2. The van der Waals surface area contributed by atoms with E-state index in [1.165, 1.54) is 12.1 Å². The normalized spacial score (nSPS) is 11.9. The minimum atomic E-state index is -4.69. The van der Waals surface area contributed by atoms with Crippen LogP contribution in [0.3, 0.4) is 0 Å². The molecule has 0 aliphatic carbocycles. The number of fused-ring (bicyclic) bond motifs is 1. The highest BCUT2D eigenvalue weighted by atomic mass is 32.2. The summed E-state index contributed by atoms with van der Waals surface area (Å²) in [5.74, 6) is -3.65. The fraction of sp³-hybridized carbons (Fsp3) is 0.222. The molecule has 0 fully saturated rings. The molecule has 1 N–H and O–H groups in total. The molecule has 1 amide bonds. The Morgan fingerprint density at radius 1 is 1.15 bits per heavy atom. The maximum Gasteiger partial charge on any atom is 0.341 e. The van der Waals surface area contributed by atoms with E-state index in [4.69, 9.17) is 0 Å². The van der Waals surface area contributed by atoms with E-state index in [1.54, 1.807) is 0 Å². The number of carbonyl (C=O) groups excluding carboxylic acids is 1. The van der Waals surface area contributed by atoms with Gasteiger partial charge in [0, 0.05) is 12.1 Å². The lowest BCUT2D eigenvalue weighted by Crippen LogP contribution is -2.17. The van der Waals surface area contributed by atoms with Crippen molar-refractivity contribution < 1.29 is 22.0 Å². The van der Waals surface area contributed by atoms with E-state index in [9.17, 15) is 22.0 Å². The number of imidazole rings is 1. The molecular formula is C18H17F2N3O3S. The van der Waals surface area contributed by atoms with Crippen LogP contribution in [0.4, 0.5) is 14.7 Å². The molecule has 3 rings (SSSR count). The van der Waals surface area contributed by atoms with Gasteiger partial charge in [-0.1, -0.05) is 19.1 Å². The maximum absolute atomic E-state index is 12.6. The third-order valence-corrected chi connectivity index (χ3v) is 5.41. The van der Waals surface area contributed by atoms with Crippen LogP contribution >= 0.6 is 0 Å². The number of amides is 1. The molecule has 9 heteroatoms. The number of nitrogens with one attached hydrogen (secondary N) is 1. The topological polar surface area (TPSA) is 81.1 Å². The molecule has 3 aromatic rings. The fourth-order valence-corrected chi connectivity index (χ4v) is 3.41. The van der Waals surface area contributed by atoms with Crippen molar-refractivity contribution in [3.05, 3.63) is 54.1 Å². The summed E-state index contributed by atoms with van der Waals surface area (Å²) in [5.41, 5.74) is 1.76. The molecule has 0 saturated carbocycles. The Labute approximate surface area is 154 Å². The number of sulfone groups is 1. The highest BCUT2D eigenvalue weighted by Crippen LogP contribution is 2.22. The Morgan fingerprint density at radius 3 is 2.44 bits per heavy atom. The molecule has 0 radical (unpaired) electrons. The zero-order valence-corrected chi connectivity index (χ0v) is 15.2. The molecule has 6 nitrogen and oxygen atoms in total. The molecule has 0 bridgehead atoms. The quantitative estimate of drug-likeness (QED) is 0.692. The van der Waals surface area contributed by atoms with Gasteiger partial charge in [-0.3, -0.25) is 10.1 Å². The van der Waals surface area contributed by atoms with Crippen molar-refractivity contribution in [1.29, 1.82) is 0 Å². The van der Waals surface area contributed by atoms with E-state index < -0.39 is 26.4 Å². The van der Waals surface area contributed by atoms with E-state index >= 15 is 0 Å². The van der Waals surface area contributed by atoms with Crippen LogP contribution in [0, 0.1) is 0 Å². The largest absolute Gasteiger partial charge is 0.341 e. The van der Waals surface area contributed by atoms with Crippen LogP contribution in [0.25, 0.3) is 11.0 Å². The van der Waals surface area contributed by atoms with Gasteiger partial charge in [-0.2, -0.15) is 8.78 Å². The summed E-state index contributed by atoms with van der Waals surface area (Å²) in [4.78, 5) is 16.4. The molecule has 2 aromatic carbocycles. The average molecular weight is 393 g/mol. The molecule has 0 aliphatic rings. The number of benzene rings is 2. The lowest BCUT2D eigenvalue weighted by Gasteiger charge is -2.09. The van der Waals surface area contributed by atoms with Crippen molar-refractivity contribution >= 4 is 32.7 Å². The van der Waals surface area contributed by atoms with Gasteiger partial charge in [0.25, 0.3) is 5.91 Å². The Hall–Kier alpha value is -2.81. The maximum atomic E-state index is 12.6. The highest BCUT2D eigenvalue weighted by molar-refractivity contribution is 7.91. The molecule has 0 atom stereocenters. The zero-order valence-electron chi connectivity index (χ0n) is 14.4. The van der Waals surface area contributed by atoms with Gasteiger partial charge in [0.05, 0.1) is 15.9 Å². The monoisotopic (exact) mass is 393 g/mol. The van der Waals surface area contributed by atoms with Gasteiger partial charge in [0.15, 0.2) is 0 Å². The van der Waals surface area contributed by atoms with Gasteiger partial charge in [-0.05, 0) is 42.8 Å². The van der Waals surface area contributed by atoms with Gasteiger partial charge in [0.2, 0.25) is 15.8 Å². The fourth-order valence-electron chi connectivity index (χ4n) is 2.69. The smallest absolute Gasteiger partial charge is 0.310 e. The Morgan fingerprint density at radius 2 is 1.81 bits per heavy atom. The summed E-state index contributed by atoms with van der Waals surface area (Å²) >= 11 is 0. The standard InChI is InChI=1S/C18H17F2N3O3S/c1-2-11-23-15-6-4-3-5-14(15)21-18(23)22-16(24)12-7-9-13(10-8-12)27(25,26)17(19)20/h3-10,17H,2,11H2,1H3,(H,21,22,24). The second-order valence-electron chi connectivity index (χ2n) is 5.86. The van der Waals surface area contributed by atoms with Crippen LogP contribution in [0.2, 0.25) is 0 Å². The third kappa shape index (κ3) is 3.68. The molecule has 0 unspecified atom stereocenters. The highest BCUT2D eigenvalue weighted by Gasteiger charge is 2.26. The summed E-state index contributed by atoms with van der Waals surface area (Å²) in [7, 11) is -4.69. The number of aryl methyl sites for hydroxylation is 1. The number of para-hydroxylation sites is 2. The van der Waals surface area contributed by atoms with E-state index in [2.05, 4.69) is 10.3 Å². The summed E-state index contributed by atoms with van der Waals surface area (Å²) in [6.07, 6.45) is 0.837. The Balaban J connectivity index is 1.88. The van der Waals surface area contributed by atoms with Gasteiger partial charge >= 0.3 is 5.76 Å². The first-order valence-corrected chi connectivity index (χ1v) is 9.78. The van der Waals surface area contributed by atoms with Crippen LogP contribution in [0.15, 0.2) is 53.4 Å². The SMILES string of the molecule is CCCn1c(NC(=O)c2ccc(S(=O)(=O)C(F)F)cc2)nc2ccccc21. The van der Waals surface area contributed by atoms with Crippen molar-refractivity contribution in [3.63, 3.8) is 0 Å². The molecule has 1 heterocycles. The van der Waals surface area contributed by atoms with Gasteiger partial charge in [0.1, 0.15) is 0 Å². The van der Waals surface area contributed by atoms with E-state index in [1.807, 2.05) is 35.8 Å². The van der Waals surface area contributed by atoms with Crippen LogP contribution in [0.1, 0.15) is 23.7 Å². The third-order valence-electron chi connectivity index (χ3n) is 4.01. The zero-order chi connectivity index (χ0) is 19.6. The first-order chi connectivity index (χ1) is 12.8. The first-order valence-electron chi connectivity index (χ1n) is 8.23. The summed E-state index contributed by atoms with van der Waals surface area (Å²) in [5, 5.41) is 2.70.